The number of carbonyl (C=O) groups excluding carboxylic acids is 2. The minimum absolute atomic E-state index is 0.211. The molecule has 0 heterocycles. The lowest BCUT2D eigenvalue weighted by atomic mass is 9.82. The lowest BCUT2D eigenvalue weighted by Crippen LogP contribution is -2.35. The Hall–Kier alpha value is -2.63. The zero-order chi connectivity index (χ0) is 17.7. The molecule has 0 unspecified atom stereocenters. The van der Waals surface area contributed by atoms with Gasteiger partial charge in [0.25, 0.3) is 5.91 Å². The summed E-state index contributed by atoms with van der Waals surface area (Å²) in [6.07, 6.45) is 4.38. The Kier molecular flexibility index (Phi) is 5.73. The van der Waals surface area contributed by atoms with Crippen molar-refractivity contribution in [3.63, 3.8) is 0 Å². The number of carboxylic acids is 1. The van der Waals surface area contributed by atoms with Crippen LogP contribution in [0.15, 0.2) is 30.4 Å². The summed E-state index contributed by atoms with van der Waals surface area (Å²) >= 11 is 0. The van der Waals surface area contributed by atoms with E-state index in [2.05, 4.69) is 10.6 Å². The van der Waals surface area contributed by atoms with Gasteiger partial charge in [0.15, 0.2) is 0 Å². The zero-order valence-electron chi connectivity index (χ0n) is 13.8. The van der Waals surface area contributed by atoms with Crippen LogP contribution in [-0.4, -0.2) is 29.4 Å². The summed E-state index contributed by atoms with van der Waals surface area (Å²) in [7, 11) is 0. The van der Waals surface area contributed by atoms with Crippen LogP contribution in [-0.2, 0) is 9.59 Å². The van der Waals surface area contributed by atoms with Crippen molar-refractivity contribution in [2.75, 3.05) is 11.9 Å². The van der Waals surface area contributed by atoms with Crippen molar-refractivity contribution in [3.05, 3.63) is 41.5 Å². The quantitative estimate of drug-likeness (QED) is 0.722. The Bertz CT molecular complexity index is 682. The van der Waals surface area contributed by atoms with Gasteiger partial charge in [0.1, 0.15) is 0 Å². The summed E-state index contributed by atoms with van der Waals surface area (Å²) in [5.41, 5.74) is 1.80. The number of benzene rings is 1. The SMILES string of the molecule is CCNC(=O)c1ccc(C)c(NC(=O)[C@H]2CC=CC[C@H]2C(=O)O)c1. The van der Waals surface area contributed by atoms with Crippen molar-refractivity contribution < 1.29 is 19.5 Å². The zero-order valence-corrected chi connectivity index (χ0v) is 13.8. The van der Waals surface area contributed by atoms with Crippen LogP contribution in [0, 0.1) is 18.8 Å². The second kappa shape index (κ2) is 7.77. The van der Waals surface area contributed by atoms with Gasteiger partial charge in [0, 0.05) is 17.8 Å². The summed E-state index contributed by atoms with van der Waals surface area (Å²) in [6.45, 7) is 4.17. The van der Waals surface area contributed by atoms with Crippen molar-refractivity contribution in [2.45, 2.75) is 26.7 Å². The van der Waals surface area contributed by atoms with Gasteiger partial charge in [-0.15, -0.1) is 0 Å². The normalized spacial score (nSPS) is 19.6. The highest BCUT2D eigenvalue weighted by Gasteiger charge is 2.34. The number of carboxylic acid groups (broad SMARTS) is 1. The monoisotopic (exact) mass is 330 g/mol. The number of aryl methyl sites for hydroxylation is 1. The first-order valence-electron chi connectivity index (χ1n) is 8.01. The first kappa shape index (κ1) is 17.7. The summed E-state index contributed by atoms with van der Waals surface area (Å²) in [4.78, 5) is 35.8. The molecule has 0 aromatic heterocycles. The Morgan fingerprint density at radius 2 is 1.83 bits per heavy atom. The fraction of sp³-hybridized carbons (Fsp3) is 0.389. The van der Waals surface area contributed by atoms with E-state index in [9.17, 15) is 19.5 Å². The first-order valence-corrected chi connectivity index (χ1v) is 8.01. The van der Waals surface area contributed by atoms with Gasteiger partial charge in [-0.05, 0) is 44.4 Å². The third kappa shape index (κ3) is 4.01. The molecule has 128 valence electrons. The lowest BCUT2D eigenvalue weighted by Gasteiger charge is -2.24. The van der Waals surface area contributed by atoms with Crippen LogP contribution in [0.3, 0.4) is 0 Å². The third-order valence-corrected chi connectivity index (χ3v) is 4.18. The summed E-state index contributed by atoms with van der Waals surface area (Å²) < 4.78 is 0. The average Bonchev–Trinajstić information content (AvgIpc) is 2.56. The van der Waals surface area contributed by atoms with Crippen molar-refractivity contribution >= 4 is 23.5 Å². The molecule has 6 nitrogen and oxygen atoms in total. The molecule has 1 aromatic rings. The largest absolute Gasteiger partial charge is 0.481 e. The number of hydrogen-bond acceptors (Lipinski definition) is 3. The smallest absolute Gasteiger partial charge is 0.307 e. The molecule has 24 heavy (non-hydrogen) atoms. The topological polar surface area (TPSA) is 95.5 Å². The van der Waals surface area contributed by atoms with Crippen molar-refractivity contribution in [3.8, 4) is 0 Å². The van der Waals surface area contributed by atoms with Crippen LogP contribution in [0.2, 0.25) is 0 Å². The van der Waals surface area contributed by atoms with Crippen LogP contribution in [0.5, 0.6) is 0 Å². The minimum Gasteiger partial charge on any atom is -0.481 e. The molecule has 3 N–H and O–H groups in total. The van der Waals surface area contributed by atoms with Gasteiger partial charge in [0.2, 0.25) is 5.91 Å². The highest BCUT2D eigenvalue weighted by molar-refractivity contribution is 5.99. The van der Waals surface area contributed by atoms with E-state index in [0.717, 1.165) is 5.56 Å². The van der Waals surface area contributed by atoms with Crippen molar-refractivity contribution in [1.82, 2.24) is 5.32 Å². The molecule has 1 aliphatic carbocycles. The Balaban J connectivity index is 2.19. The van der Waals surface area contributed by atoms with E-state index in [4.69, 9.17) is 0 Å². The number of hydrogen-bond donors (Lipinski definition) is 3. The van der Waals surface area contributed by atoms with Crippen LogP contribution in [0.1, 0.15) is 35.7 Å². The predicted octanol–water partition coefficient (Wildman–Crippen LogP) is 2.35. The maximum Gasteiger partial charge on any atom is 0.307 e. The number of amides is 2. The summed E-state index contributed by atoms with van der Waals surface area (Å²) in [5, 5.41) is 14.8. The van der Waals surface area contributed by atoms with E-state index in [1.54, 1.807) is 24.3 Å². The number of allylic oxidation sites excluding steroid dienone is 2. The van der Waals surface area contributed by atoms with Crippen LogP contribution in [0.4, 0.5) is 5.69 Å². The van der Waals surface area contributed by atoms with Crippen LogP contribution >= 0.6 is 0 Å². The van der Waals surface area contributed by atoms with Gasteiger partial charge in [-0.3, -0.25) is 14.4 Å². The molecule has 0 spiro atoms. The van der Waals surface area contributed by atoms with E-state index in [1.807, 2.05) is 19.9 Å². The van der Waals surface area contributed by atoms with Gasteiger partial charge in [0.05, 0.1) is 11.8 Å². The van der Waals surface area contributed by atoms with Crippen LogP contribution in [0.25, 0.3) is 0 Å². The van der Waals surface area contributed by atoms with E-state index in [1.165, 1.54) is 0 Å². The maximum atomic E-state index is 12.5. The standard InChI is InChI=1S/C18H22N2O4/c1-3-19-16(21)12-9-8-11(2)15(10-12)20-17(22)13-6-4-5-7-14(13)18(23)24/h4-5,8-10,13-14H,3,6-7H2,1-2H3,(H,19,21)(H,20,22)(H,23,24)/t13-,14+/m0/s1. The summed E-state index contributed by atoms with van der Waals surface area (Å²) in [5.74, 6) is -2.84. The van der Waals surface area contributed by atoms with E-state index < -0.39 is 17.8 Å². The molecule has 2 atom stereocenters. The van der Waals surface area contributed by atoms with Gasteiger partial charge >= 0.3 is 5.97 Å². The van der Waals surface area contributed by atoms with Gasteiger partial charge in [-0.1, -0.05) is 18.2 Å². The number of carbonyl (C=O) groups is 3. The second-order valence-electron chi connectivity index (χ2n) is 5.87. The fourth-order valence-electron chi connectivity index (χ4n) is 2.76. The molecule has 1 aromatic carbocycles. The highest BCUT2D eigenvalue weighted by Crippen LogP contribution is 2.28. The Morgan fingerprint density at radius 1 is 1.17 bits per heavy atom. The molecule has 6 heteroatoms. The fourth-order valence-corrected chi connectivity index (χ4v) is 2.76. The Labute approximate surface area is 140 Å². The van der Waals surface area contributed by atoms with Crippen molar-refractivity contribution in [2.24, 2.45) is 11.8 Å². The van der Waals surface area contributed by atoms with E-state index >= 15 is 0 Å². The van der Waals surface area contributed by atoms with Gasteiger partial charge in [-0.25, -0.2) is 0 Å². The third-order valence-electron chi connectivity index (χ3n) is 4.18. The molecule has 0 fully saturated rings. The van der Waals surface area contributed by atoms with Gasteiger partial charge in [-0.2, -0.15) is 0 Å². The molecular weight excluding hydrogens is 308 g/mol. The Morgan fingerprint density at radius 3 is 2.46 bits per heavy atom. The highest BCUT2D eigenvalue weighted by atomic mass is 16.4. The molecule has 0 radical (unpaired) electrons. The number of anilines is 1. The molecule has 2 rings (SSSR count). The number of rotatable bonds is 5. The maximum absolute atomic E-state index is 12.5. The van der Waals surface area contributed by atoms with E-state index in [-0.39, 0.29) is 11.8 Å². The summed E-state index contributed by atoms with van der Waals surface area (Å²) in [6, 6.07) is 5.07. The number of nitrogens with one attached hydrogen (secondary N) is 2. The molecule has 0 aliphatic heterocycles. The molecular formula is C18H22N2O4. The van der Waals surface area contributed by atoms with Gasteiger partial charge < -0.3 is 15.7 Å². The lowest BCUT2D eigenvalue weighted by molar-refractivity contribution is -0.146. The first-order chi connectivity index (χ1) is 11.4. The number of aliphatic carboxylic acids is 1. The minimum atomic E-state index is -0.965. The molecule has 1 aliphatic rings. The average molecular weight is 330 g/mol. The molecule has 0 saturated carbocycles. The van der Waals surface area contributed by atoms with E-state index in [0.29, 0.717) is 30.6 Å². The molecule has 2 amide bonds. The van der Waals surface area contributed by atoms with Crippen molar-refractivity contribution in [1.29, 1.82) is 0 Å². The molecule has 0 bridgehead atoms. The second-order valence-corrected chi connectivity index (χ2v) is 5.87. The molecule has 0 saturated heterocycles. The predicted molar refractivity (Wildman–Crippen MR) is 90.8 cm³/mol. The van der Waals surface area contributed by atoms with Crippen LogP contribution < -0.4 is 10.6 Å².